The van der Waals surface area contributed by atoms with E-state index in [0.717, 1.165) is 16.9 Å². The molecule has 0 fully saturated rings. The van der Waals surface area contributed by atoms with E-state index in [4.69, 9.17) is 22.1 Å². The number of rotatable bonds is 2. The van der Waals surface area contributed by atoms with Gasteiger partial charge in [-0.15, -0.1) is 0 Å². The topological polar surface area (TPSA) is 35.2 Å². The molecule has 0 aromatic heterocycles. The summed E-state index contributed by atoms with van der Waals surface area (Å²) in [6, 6.07) is 11.4. The average molecular weight is 248 g/mol. The van der Waals surface area contributed by atoms with Gasteiger partial charge in [-0.2, -0.15) is 0 Å². The van der Waals surface area contributed by atoms with Crippen LogP contribution >= 0.6 is 11.6 Å². The van der Waals surface area contributed by atoms with Gasteiger partial charge in [0.1, 0.15) is 5.75 Å². The number of hydrogen-bond donors (Lipinski definition) is 1. The highest BCUT2D eigenvalue weighted by molar-refractivity contribution is 6.33. The number of benzene rings is 2. The number of ether oxygens (including phenoxy) is 1. The predicted octanol–water partition coefficient (Wildman–Crippen LogP) is 4.33. The maximum absolute atomic E-state index is 5.95. The summed E-state index contributed by atoms with van der Waals surface area (Å²) in [5.41, 5.74) is 8.54. The first-order chi connectivity index (χ1) is 8.08. The molecular weight excluding hydrogens is 234 g/mol. The summed E-state index contributed by atoms with van der Waals surface area (Å²) in [5.74, 6) is 1.39. The van der Waals surface area contributed by atoms with Crippen molar-refractivity contribution in [3.63, 3.8) is 0 Å². The lowest BCUT2D eigenvalue weighted by Crippen LogP contribution is -1.94. The molecule has 0 radical (unpaired) electrons. The normalized spacial score (nSPS) is 10.3. The molecule has 88 valence electrons. The molecule has 0 saturated carbocycles. The van der Waals surface area contributed by atoms with Crippen LogP contribution in [0.5, 0.6) is 11.5 Å². The zero-order valence-electron chi connectivity index (χ0n) is 9.83. The Bertz CT molecular complexity index is 552. The highest BCUT2D eigenvalue weighted by Gasteiger charge is 2.07. The minimum Gasteiger partial charge on any atom is -0.455 e. The van der Waals surface area contributed by atoms with Gasteiger partial charge in [-0.25, -0.2) is 0 Å². The van der Waals surface area contributed by atoms with Crippen LogP contribution in [0, 0.1) is 13.8 Å². The Morgan fingerprint density at radius 2 is 1.82 bits per heavy atom. The molecule has 0 bridgehead atoms. The fraction of sp³-hybridized carbons (Fsp3) is 0.143. The second-order valence-electron chi connectivity index (χ2n) is 4.02. The fourth-order valence-corrected chi connectivity index (χ4v) is 1.71. The van der Waals surface area contributed by atoms with E-state index in [0.29, 0.717) is 16.5 Å². The number of nitrogen functional groups attached to an aromatic ring is 1. The Hall–Kier alpha value is -1.67. The number of halogens is 1. The number of nitrogens with two attached hydrogens (primary N) is 1. The van der Waals surface area contributed by atoms with Crippen molar-refractivity contribution in [2.75, 3.05) is 5.73 Å². The van der Waals surface area contributed by atoms with Gasteiger partial charge in [-0.05, 0) is 43.2 Å². The van der Waals surface area contributed by atoms with Crippen molar-refractivity contribution < 1.29 is 4.74 Å². The molecular formula is C14H14ClNO. The average Bonchev–Trinajstić information content (AvgIpc) is 2.30. The lowest BCUT2D eigenvalue weighted by Gasteiger charge is -2.12. The second kappa shape index (κ2) is 4.68. The third kappa shape index (κ3) is 2.53. The summed E-state index contributed by atoms with van der Waals surface area (Å²) in [5, 5.41) is 0.507. The van der Waals surface area contributed by atoms with Crippen molar-refractivity contribution in [2.24, 2.45) is 0 Å². The van der Waals surface area contributed by atoms with E-state index in [2.05, 4.69) is 0 Å². The SMILES string of the molecule is Cc1ccc(C)c(Oc2cccc(Cl)c2N)c1. The lowest BCUT2D eigenvalue weighted by molar-refractivity contribution is 0.481. The van der Waals surface area contributed by atoms with Crippen LogP contribution < -0.4 is 10.5 Å². The highest BCUT2D eigenvalue weighted by Crippen LogP contribution is 2.34. The van der Waals surface area contributed by atoms with Crippen LogP contribution in [0.4, 0.5) is 5.69 Å². The lowest BCUT2D eigenvalue weighted by atomic mass is 10.1. The van der Waals surface area contributed by atoms with E-state index in [1.165, 1.54) is 0 Å². The molecule has 2 aromatic carbocycles. The zero-order chi connectivity index (χ0) is 12.4. The number of aryl methyl sites for hydroxylation is 2. The van der Waals surface area contributed by atoms with Gasteiger partial charge in [0.25, 0.3) is 0 Å². The van der Waals surface area contributed by atoms with Crippen molar-refractivity contribution in [1.29, 1.82) is 0 Å². The molecule has 0 saturated heterocycles. The number of hydrogen-bond acceptors (Lipinski definition) is 2. The summed E-state index contributed by atoms with van der Waals surface area (Å²) in [6.45, 7) is 4.02. The van der Waals surface area contributed by atoms with Crippen molar-refractivity contribution in [2.45, 2.75) is 13.8 Å². The van der Waals surface area contributed by atoms with Crippen LogP contribution in [-0.4, -0.2) is 0 Å². The first-order valence-corrected chi connectivity index (χ1v) is 5.75. The van der Waals surface area contributed by atoms with Crippen LogP contribution in [0.3, 0.4) is 0 Å². The molecule has 0 heterocycles. The second-order valence-corrected chi connectivity index (χ2v) is 4.43. The van der Waals surface area contributed by atoms with Crippen LogP contribution in [0.1, 0.15) is 11.1 Å². The first-order valence-electron chi connectivity index (χ1n) is 5.37. The van der Waals surface area contributed by atoms with E-state index in [9.17, 15) is 0 Å². The van der Waals surface area contributed by atoms with Crippen molar-refractivity contribution in [3.8, 4) is 11.5 Å². The summed E-state index contributed by atoms with van der Waals surface area (Å²) in [6.07, 6.45) is 0. The summed E-state index contributed by atoms with van der Waals surface area (Å²) < 4.78 is 5.79. The molecule has 3 heteroatoms. The maximum Gasteiger partial charge on any atom is 0.151 e. The quantitative estimate of drug-likeness (QED) is 0.802. The Balaban J connectivity index is 2.38. The van der Waals surface area contributed by atoms with E-state index >= 15 is 0 Å². The Kier molecular flexibility index (Phi) is 3.25. The summed E-state index contributed by atoms with van der Waals surface area (Å²) in [7, 11) is 0. The van der Waals surface area contributed by atoms with Crippen molar-refractivity contribution in [3.05, 3.63) is 52.5 Å². The third-order valence-corrected chi connectivity index (χ3v) is 2.91. The van der Waals surface area contributed by atoms with Crippen LogP contribution in [0.15, 0.2) is 36.4 Å². The summed E-state index contributed by atoms with van der Waals surface area (Å²) in [4.78, 5) is 0. The molecule has 0 aliphatic heterocycles. The van der Waals surface area contributed by atoms with Gasteiger partial charge in [0.15, 0.2) is 5.75 Å². The Morgan fingerprint density at radius 1 is 1.06 bits per heavy atom. The first kappa shape index (κ1) is 11.8. The van der Waals surface area contributed by atoms with E-state index in [1.807, 2.05) is 44.2 Å². The van der Waals surface area contributed by atoms with E-state index in [-0.39, 0.29) is 0 Å². The number of anilines is 1. The smallest absolute Gasteiger partial charge is 0.151 e. The van der Waals surface area contributed by atoms with E-state index < -0.39 is 0 Å². The van der Waals surface area contributed by atoms with Gasteiger partial charge in [0.05, 0.1) is 10.7 Å². The van der Waals surface area contributed by atoms with Crippen LogP contribution in [-0.2, 0) is 0 Å². The number of para-hydroxylation sites is 1. The zero-order valence-corrected chi connectivity index (χ0v) is 10.6. The molecule has 0 aliphatic carbocycles. The fourth-order valence-electron chi connectivity index (χ4n) is 1.54. The Labute approximate surface area is 106 Å². The van der Waals surface area contributed by atoms with Gasteiger partial charge < -0.3 is 10.5 Å². The molecule has 0 aliphatic rings. The van der Waals surface area contributed by atoms with Crippen molar-refractivity contribution in [1.82, 2.24) is 0 Å². The maximum atomic E-state index is 5.95. The molecule has 2 aromatic rings. The molecule has 0 spiro atoms. The minimum atomic E-state index is 0.468. The molecule has 0 unspecified atom stereocenters. The monoisotopic (exact) mass is 247 g/mol. The van der Waals surface area contributed by atoms with Crippen LogP contribution in [0.2, 0.25) is 5.02 Å². The molecule has 0 atom stereocenters. The van der Waals surface area contributed by atoms with Crippen LogP contribution in [0.25, 0.3) is 0 Å². The largest absolute Gasteiger partial charge is 0.455 e. The summed E-state index contributed by atoms with van der Waals surface area (Å²) >= 11 is 5.95. The molecule has 2 nitrogen and oxygen atoms in total. The van der Waals surface area contributed by atoms with Gasteiger partial charge in [-0.1, -0.05) is 29.8 Å². The van der Waals surface area contributed by atoms with Crippen molar-refractivity contribution >= 4 is 17.3 Å². The van der Waals surface area contributed by atoms with Gasteiger partial charge >= 0.3 is 0 Å². The van der Waals surface area contributed by atoms with Gasteiger partial charge in [0.2, 0.25) is 0 Å². The molecule has 2 N–H and O–H groups in total. The van der Waals surface area contributed by atoms with Gasteiger partial charge in [0, 0.05) is 0 Å². The third-order valence-electron chi connectivity index (χ3n) is 2.58. The molecule has 0 amide bonds. The molecule has 17 heavy (non-hydrogen) atoms. The highest BCUT2D eigenvalue weighted by atomic mass is 35.5. The van der Waals surface area contributed by atoms with E-state index in [1.54, 1.807) is 6.07 Å². The Morgan fingerprint density at radius 3 is 2.59 bits per heavy atom. The minimum absolute atomic E-state index is 0.468. The molecule has 2 rings (SSSR count). The standard InChI is InChI=1S/C14H14ClNO/c1-9-6-7-10(2)13(8-9)17-12-5-3-4-11(15)14(12)16/h3-8H,16H2,1-2H3. The van der Waals surface area contributed by atoms with Gasteiger partial charge in [-0.3, -0.25) is 0 Å². The predicted molar refractivity (Wildman–Crippen MR) is 71.9 cm³/mol.